The third-order valence-electron chi connectivity index (χ3n) is 3.21. The number of nitrogens with one attached hydrogen (secondary N) is 1. The zero-order chi connectivity index (χ0) is 13.1. The topological polar surface area (TPSA) is 70.4 Å². The van der Waals surface area contributed by atoms with Crippen LogP contribution in [-0.4, -0.2) is 45.0 Å². The second-order valence-electron chi connectivity index (χ2n) is 4.67. The lowest BCUT2D eigenvalue weighted by Gasteiger charge is -2.30. The third kappa shape index (κ3) is 2.81. The number of anilines is 1. The van der Waals surface area contributed by atoms with Crippen LogP contribution in [0.4, 0.5) is 10.6 Å². The predicted octanol–water partition coefficient (Wildman–Crippen LogP) is 0.971. The van der Waals surface area contributed by atoms with E-state index in [9.17, 15) is 9.90 Å². The van der Waals surface area contributed by atoms with E-state index in [4.69, 9.17) is 0 Å². The van der Waals surface area contributed by atoms with Crippen molar-refractivity contribution in [3.63, 3.8) is 0 Å². The Hall–Kier alpha value is -1.56. The summed E-state index contributed by atoms with van der Waals surface area (Å²) >= 11 is 0. The van der Waals surface area contributed by atoms with E-state index in [1.165, 1.54) is 0 Å². The van der Waals surface area contributed by atoms with Crippen LogP contribution in [0.1, 0.15) is 25.5 Å². The highest BCUT2D eigenvalue weighted by atomic mass is 16.3. The van der Waals surface area contributed by atoms with E-state index in [0.717, 1.165) is 25.0 Å². The van der Waals surface area contributed by atoms with Crippen molar-refractivity contribution in [3.8, 4) is 0 Å². The van der Waals surface area contributed by atoms with E-state index in [1.54, 1.807) is 16.6 Å². The van der Waals surface area contributed by atoms with Crippen LogP contribution in [-0.2, 0) is 13.5 Å². The van der Waals surface area contributed by atoms with Crippen molar-refractivity contribution in [1.82, 2.24) is 14.7 Å². The smallest absolute Gasteiger partial charge is 0.323 e. The van der Waals surface area contributed by atoms with Gasteiger partial charge in [-0.1, -0.05) is 6.92 Å². The van der Waals surface area contributed by atoms with Crippen molar-refractivity contribution in [2.24, 2.45) is 7.05 Å². The standard InChI is InChI=1S/C12H20N4O2/c1-3-9-7-11(15(2)14-9)13-12(18)16-6-4-5-10(17)8-16/h7,10,17H,3-6,8H2,1-2H3,(H,13,18). The Bertz CT molecular complexity index is 430. The first-order valence-electron chi connectivity index (χ1n) is 6.37. The number of aromatic nitrogens is 2. The van der Waals surface area contributed by atoms with Crippen molar-refractivity contribution in [1.29, 1.82) is 0 Å². The molecule has 1 unspecified atom stereocenters. The van der Waals surface area contributed by atoms with Gasteiger partial charge >= 0.3 is 6.03 Å². The van der Waals surface area contributed by atoms with Crippen LogP contribution in [0.15, 0.2) is 6.07 Å². The molecular weight excluding hydrogens is 232 g/mol. The van der Waals surface area contributed by atoms with Crippen LogP contribution in [0.25, 0.3) is 0 Å². The zero-order valence-corrected chi connectivity index (χ0v) is 10.9. The highest BCUT2D eigenvalue weighted by Crippen LogP contribution is 2.14. The largest absolute Gasteiger partial charge is 0.391 e. The first kappa shape index (κ1) is 12.9. The summed E-state index contributed by atoms with van der Waals surface area (Å²) in [5.41, 5.74) is 0.950. The number of urea groups is 1. The quantitative estimate of drug-likeness (QED) is 0.824. The summed E-state index contributed by atoms with van der Waals surface area (Å²) in [5.74, 6) is 0.692. The average Bonchev–Trinajstić information content (AvgIpc) is 2.70. The van der Waals surface area contributed by atoms with Gasteiger partial charge in [-0.3, -0.25) is 10.00 Å². The Balaban J connectivity index is 1.99. The number of amides is 2. The molecule has 6 nitrogen and oxygen atoms in total. The second-order valence-corrected chi connectivity index (χ2v) is 4.67. The van der Waals surface area contributed by atoms with Crippen LogP contribution >= 0.6 is 0 Å². The van der Waals surface area contributed by atoms with Crippen LogP contribution in [0.5, 0.6) is 0 Å². The molecule has 0 bridgehead atoms. The lowest BCUT2D eigenvalue weighted by atomic mass is 10.1. The fourth-order valence-corrected chi connectivity index (χ4v) is 2.14. The number of piperidine rings is 1. The van der Waals surface area contributed by atoms with Gasteiger partial charge in [0, 0.05) is 26.2 Å². The van der Waals surface area contributed by atoms with Gasteiger partial charge in [0.2, 0.25) is 0 Å². The van der Waals surface area contributed by atoms with Gasteiger partial charge in [-0.05, 0) is 19.3 Å². The Morgan fingerprint density at radius 2 is 2.44 bits per heavy atom. The Kier molecular flexibility index (Phi) is 3.86. The molecule has 2 rings (SSSR count). The van der Waals surface area contributed by atoms with Gasteiger partial charge in [-0.25, -0.2) is 4.79 Å². The number of β-amino-alcohol motifs (C(OH)–C–C–N with tert-alkyl or cyclic N) is 1. The highest BCUT2D eigenvalue weighted by molar-refractivity contribution is 5.88. The molecule has 6 heteroatoms. The molecule has 1 aliphatic heterocycles. The Morgan fingerprint density at radius 1 is 1.67 bits per heavy atom. The van der Waals surface area contributed by atoms with Gasteiger partial charge in [0.25, 0.3) is 0 Å². The number of rotatable bonds is 2. The summed E-state index contributed by atoms with van der Waals surface area (Å²) in [6.45, 7) is 3.13. The number of hydrogen-bond donors (Lipinski definition) is 2. The average molecular weight is 252 g/mol. The van der Waals surface area contributed by atoms with E-state index in [-0.39, 0.29) is 6.03 Å². The highest BCUT2D eigenvalue weighted by Gasteiger charge is 2.22. The van der Waals surface area contributed by atoms with Gasteiger partial charge in [0.05, 0.1) is 11.8 Å². The van der Waals surface area contributed by atoms with Crippen LogP contribution < -0.4 is 5.32 Å². The lowest BCUT2D eigenvalue weighted by Crippen LogP contribution is -2.44. The maximum atomic E-state index is 12.0. The molecule has 2 N–H and O–H groups in total. The molecule has 0 spiro atoms. The summed E-state index contributed by atoms with van der Waals surface area (Å²) in [6.07, 6.45) is 2.06. The molecule has 0 saturated carbocycles. The van der Waals surface area contributed by atoms with Crippen LogP contribution in [0.2, 0.25) is 0 Å². The summed E-state index contributed by atoms with van der Waals surface area (Å²) < 4.78 is 1.66. The van der Waals surface area contributed by atoms with Crippen molar-refractivity contribution >= 4 is 11.8 Å². The SMILES string of the molecule is CCc1cc(NC(=O)N2CCCC(O)C2)n(C)n1. The van der Waals surface area contributed by atoms with E-state index < -0.39 is 6.10 Å². The minimum Gasteiger partial charge on any atom is -0.391 e. The molecule has 100 valence electrons. The molecule has 0 radical (unpaired) electrons. The molecule has 1 aromatic rings. The fourth-order valence-electron chi connectivity index (χ4n) is 2.14. The number of carbonyl (C=O) groups excluding carboxylic acids is 1. The molecule has 0 aliphatic carbocycles. The fraction of sp³-hybridized carbons (Fsp3) is 0.667. The van der Waals surface area contributed by atoms with E-state index in [1.807, 2.05) is 13.0 Å². The van der Waals surface area contributed by atoms with Gasteiger partial charge < -0.3 is 10.0 Å². The Labute approximate surface area is 107 Å². The van der Waals surface area contributed by atoms with Crippen molar-refractivity contribution in [2.45, 2.75) is 32.3 Å². The lowest BCUT2D eigenvalue weighted by molar-refractivity contribution is 0.0883. The van der Waals surface area contributed by atoms with Crippen LogP contribution in [0, 0.1) is 0 Å². The van der Waals surface area contributed by atoms with Gasteiger partial charge in [0.15, 0.2) is 0 Å². The second kappa shape index (κ2) is 5.39. The molecule has 2 amide bonds. The Morgan fingerprint density at radius 3 is 3.06 bits per heavy atom. The molecule has 1 saturated heterocycles. The minimum absolute atomic E-state index is 0.167. The third-order valence-corrected chi connectivity index (χ3v) is 3.21. The molecule has 0 aromatic carbocycles. The van der Waals surface area contributed by atoms with Crippen molar-refractivity contribution < 1.29 is 9.90 Å². The van der Waals surface area contributed by atoms with Crippen molar-refractivity contribution in [3.05, 3.63) is 11.8 Å². The van der Waals surface area contributed by atoms with E-state index in [2.05, 4.69) is 10.4 Å². The minimum atomic E-state index is -0.401. The number of aryl methyl sites for hydroxylation is 2. The van der Waals surface area contributed by atoms with Gasteiger partial charge in [-0.15, -0.1) is 0 Å². The van der Waals surface area contributed by atoms with Crippen molar-refractivity contribution in [2.75, 3.05) is 18.4 Å². The monoisotopic (exact) mass is 252 g/mol. The maximum Gasteiger partial charge on any atom is 0.323 e. The normalized spacial score (nSPS) is 19.9. The summed E-state index contributed by atoms with van der Waals surface area (Å²) in [6, 6.07) is 1.71. The maximum absolute atomic E-state index is 12.0. The first-order valence-corrected chi connectivity index (χ1v) is 6.37. The summed E-state index contributed by atoms with van der Waals surface area (Å²) in [4.78, 5) is 13.7. The molecule has 1 atom stereocenters. The molecule has 1 fully saturated rings. The van der Waals surface area contributed by atoms with Crippen LogP contribution in [0.3, 0.4) is 0 Å². The molecule has 1 aromatic heterocycles. The van der Waals surface area contributed by atoms with Gasteiger partial charge in [-0.2, -0.15) is 5.10 Å². The number of carbonyl (C=O) groups is 1. The summed E-state index contributed by atoms with van der Waals surface area (Å²) in [5, 5.41) is 16.7. The number of likely N-dealkylation sites (tertiary alicyclic amines) is 1. The molecule has 2 heterocycles. The van der Waals surface area contributed by atoms with E-state index >= 15 is 0 Å². The molecule has 1 aliphatic rings. The number of aliphatic hydroxyl groups excluding tert-OH is 1. The number of aliphatic hydroxyl groups is 1. The first-order chi connectivity index (χ1) is 8.60. The number of hydrogen-bond acceptors (Lipinski definition) is 3. The summed E-state index contributed by atoms with van der Waals surface area (Å²) in [7, 11) is 1.81. The van der Waals surface area contributed by atoms with Gasteiger partial charge in [0.1, 0.15) is 5.82 Å². The zero-order valence-electron chi connectivity index (χ0n) is 10.9. The predicted molar refractivity (Wildman–Crippen MR) is 68.4 cm³/mol. The molecule has 18 heavy (non-hydrogen) atoms. The number of nitrogens with zero attached hydrogens (tertiary/aromatic N) is 3. The van der Waals surface area contributed by atoms with E-state index in [0.29, 0.717) is 18.9 Å². The molecular formula is C12H20N4O2.